The number of nitrogens with zero attached hydrogens (tertiary/aromatic N) is 2. The fraction of sp³-hybridized carbons (Fsp3) is 0.219. The number of aryl methyl sites for hydroxylation is 1. The van der Waals surface area contributed by atoms with Crippen molar-refractivity contribution in [1.82, 2.24) is 5.32 Å². The Labute approximate surface area is 241 Å². The van der Waals surface area contributed by atoms with Crippen LogP contribution in [0.3, 0.4) is 0 Å². The zero-order valence-electron chi connectivity index (χ0n) is 23.2. The standard InChI is InChI=1S/C32H34N4O4S/c1-24-12-15-27(16-13-24)41(38,39)34-26-14-17-29(28(22-26)32(37)33-23-25-8-4-3-5-9-25)35-18-20-36(21-19-35)30-10-6-7-11-31(30)40-2/h3-17,22,34H,18-21,23H2,1-2H3,(H,33,37). The third kappa shape index (κ3) is 6.63. The van der Waals surface area contributed by atoms with Crippen LogP contribution in [-0.4, -0.2) is 47.6 Å². The minimum Gasteiger partial charge on any atom is -0.495 e. The molecule has 0 bridgehead atoms. The number of para-hydroxylation sites is 2. The van der Waals surface area contributed by atoms with Crippen molar-refractivity contribution in [3.8, 4) is 5.75 Å². The Bertz CT molecular complexity index is 1600. The summed E-state index contributed by atoms with van der Waals surface area (Å²) in [5, 5.41) is 3.00. The van der Waals surface area contributed by atoms with E-state index in [9.17, 15) is 13.2 Å². The Morgan fingerprint density at radius 2 is 1.44 bits per heavy atom. The molecule has 1 fully saturated rings. The molecule has 1 saturated heterocycles. The molecule has 1 aliphatic heterocycles. The summed E-state index contributed by atoms with van der Waals surface area (Å²) in [7, 11) is -2.15. The van der Waals surface area contributed by atoms with Crippen LogP contribution in [-0.2, 0) is 16.6 Å². The van der Waals surface area contributed by atoms with Gasteiger partial charge in [-0.2, -0.15) is 0 Å². The maximum absolute atomic E-state index is 13.5. The number of hydrogen-bond acceptors (Lipinski definition) is 6. The Morgan fingerprint density at radius 1 is 0.805 bits per heavy atom. The second-order valence-corrected chi connectivity index (χ2v) is 11.6. The van der Waals surface area contributed by atoms with E-state index in [1.807, 2.05) is 67.6 Å². The van der Waals surface area contributed by atoms with Crippen LogP contribution in [0.2, 0.25) is 0 Å². The van der Waals surface area contributed by atoms with Gasteiger partial charge >= 0.3 is 0 Å². The van der Waals surface area contributed by atoms with E-state index in [1.54, 1.807) is 43.5 Å². The molecule has 0 radical (unpaired) electrons. The monoisotopic (exact) mass is 570 g/mol. The lowest BCUT2D eigenvalue weighted by molar-refractivity contribution is 0.0951. The lowest BCUT2D eigenvalue weighted by atomic mass is 10.1. The summed E-state index contributed by atoms with van der Waals surface area (Å²) < 4.78 is 34.3. The topological polar surface area (TPSA) is 91.0 Å². The number of anilines is 3. The summed E-state index contributed by atoms with van der Waals surface area (Å²) in [6.45, 7) is 5.12. The van der Waals surface area contributed by atoms with Crippen molar-refractivity contribution in [1.29, 1.82) is 0 Å². The van der Waals surface area contributed by atoms with Gasteiger partial charge in [0, 0.05) is 44.1 Å². The molecule has 0 aliphatic carbocycles. The number of benzene rings is 4. The Kier molecular flexibility index (Phi) is 8.45. The van der Waals surface area contributed by atoms with Gasteiger partial charge in [-0.25, -0.2) is 8.42 Å². The third-order valence-corrected chi connectivity index (χ3v) is 8.56. The molecule has 5 rings (SSSR count). The highest BCUT2D eigenvalue weighted by Crippen LogP contribution is 2.31. The number of rotatable bonds is 9. The van der Waals surface area contributed by atoms with Crippen molar-refractivity contribution in [2.24, 2.45) is 0 Å². The van der Waals surface area contributed by atoms with Gasteiger partial charge in [-0.3, -0.25) is 9.52 Å². The average Bonchev–Trinajstić information content (AvgIpc) is 3.00. The van der Waals surface area contributed by atoms with E-state index < -0.39 is 10.0 Å². The normalized spacial score (nSPS) is 13.5. The molecule has 0 spiro atoms. The molecular weight excluding hydrogens is 536 g/mol. The average molecular weight is 571 g/mol. The van der Waals surface area contributed by atoms with E-state index >= 15 is 0 Å². The fourth-order valence-corrected chi connectivity index (χ4v) is 5.99. The number of carbonyl (C=O) groups is 1. The van der Waals surface area contributed by atoms with Gasteiger partial charge in [0.1, 0.15) is 5.75 Å². The molecule has 2 N–H and O–H groups in total. The van der Waals surface area contributed by atoms with Crippen LogP contribution in [0.4, 0.5) is 17.1 Å². The summed E-state index contributed by atoms with van der Waals surface area (Å²) in [4.78, 5) is 18.1. The highest BCUT2D eigenvalue weighted by Gasteiger charge is 2.24. The highest BCUT2D eigenvalue weighted by atomic mass is 32.2. The predicted molar refractivity (Wildman–Crippen MR) is 163 cm³/mol. The van der Waals surface area contributed by atoms with Crippen LogP contribution < -0.4 is 24.6 Å². The largest absolute Gasteiger partial charge is 0.495 e. The first-order chi connectivity index (χ1) is 19.8. The predicted octanol–water partition coefficient (Wildman–Crippen LogP) is 5.06. The quantitative estimate of drug-likeness (QED) is 0.292. The number of methoxy groups -OCH3 is 1. The third-order valence-electron chi connectivity index (χ3n) is 7.17. The zero-order chi connectivity index (χ0) is 28.8. The summed E-state index contributed by atoms with van der Waals surface area (Å²) in [5.41, 5.74) is 4.48. The van der Waals surface area contributed by atoms with Crippen LogP contribution in [0.5, 0.6) is 5.75 Å². The fourth-order valence-electron chi connectivity index (χ4n) is 4.94. The number of amides is 1. The summed E-state index contributed by atoms with van der Waals surface area (Å²) in [6, 6.07) is 29.4. The minimum absolute atomic E-state index is 0.162. The van der Waals surface area contributed by atoms with Crippen LogP contribution in [0.25, 0.3) is 0 Å². The van der Waals surface area contributed by atoms with E-state index in [0.29, 0.717) is 30.9 Å². The van der Waals surface area contributed by atoms with Crippen molar-refractivity contribution in [2.75, 3.05) is 47.8 Å². The van der Waals surface area contributed by atoms with E-state index in [0.717, 1.165) is 41.3 Å². The van der Waals surface area contributed by atoms with Gasteiger partial charge in [-0.1, -0.05) is 60.2 Å². The van der Waals surface area contributed by atoms with Crippen LogP contribution in [0, 0.1) is 6.92 Å². The van der Waals surface area contributed by atoms with Crippen molar-refractivity contribution in [3.63, 3.8) is 0 Å². The maximum atomic E-state index is 13.5. The van der Waals surface area contributed by atoms with E-state index in [1.165, 1.54) is 0 Å². The van der Waals surface area contributed by atoms with Gasteiger partial charge in [0.05, 0.1) is 23.3 Å². The van der Waals surface area contributed by atoms with Gasteiger partial charge in [0.2, 0.25) is 0 Å². The molecule has 41 heavy (non-hydrogen) atoms. The van der Waals surface area contributed by atoms with Crippen molar-refractivity contribution in [3.05, 3.63) is 114 Å². The first-order valence-electron chi connectivity index (χ1n) is 13.5. The smallest absolute Gasteiger partial charge is 0.261 e. The Hall–Kier alpha value is -4.50. The Morgan fingerprint density at radius 3 is 2.12 bits per heavy atom. The van der Waals surface area contributed by atoms with E-state index in [-0.39, 0.29) is 10.8 Å². The first-order valence-corrected chi connectivity index (χ1v) is 15.0. The summed E-state index contributed by atoms with van der Waals surface area (Å²) in [6.07, 6.45) is 0. The Balaban J connectivity index is 1.39. The molecule has 0 unspecified atom stereocenters. The van der Waals surface area contributed by atoms with Gasteiger partial charge in [-0.15, -0.1) is 0 Å². The molecule has 0 atom stereocenters. The molecule has 1 heterocycles. The van der Waals surface area contributed by atoms with Crippen molar-refractivity contribution in [2.45, 2.75) is 18.4 Å². The first kappa shape index (κ1) is 28.0. The van der Waals surface area contributed by atoms with Crippen molar-refractivity contribution < 1.29 is 17.9 Å². The van der Waals surface area contributed by atoms with E-state index in [2.05, 4.69) is 19.8 Å². The summed E-state index contributed by atoms with van der Waals surface area (Å²) >= 11 is 0. The second-order valence-electron chi connectivity index (χ2n) is 9.96. The number of hydrogen-bond donors (Lipinski definition) is 2. The number of carbonyl (C=O) groups excluding carboxylic acids is 1. The lowest BCUT2D eigenvalue weighted by Crippen LogP contribution is -2.47. The molecule has 0 aromatic heterocycles. The van der Waals surface area contributed by atoms with Gasteiger partial charge in [0.15, 0.2) is 0 Å². The number of piperazine rings is 1. The second kappa shape index (κ2) is 12.3. The van der Waals surface area contributed by atoms with Crippen LogP contribution in [0.1, 0.15) is 21.5 Å². The van der Waals surface area contributed by atoms with Crippen molar-refractivity contribution >= 4 is 33.0 Å². The van der Waals surface area contributed by atoms with Gasteiger partial charge in [0.25, 0.3) is 15.9 Å². The van der Waals surface area contributed by atoms with Crippen LogP contribution in [0.15, 0.2) is 102 Å². The molecule has 9 heteroatoms. The minimum atomic E-state index is -3.82. The SMILES string of the molecule is COc1ccccc1N1CCN(c2ccc(NS(=O)(=O)c3ccc(C)cc3)cc2C(=O)NCc2ccccc2)CC1. The highest BCUT2D eigenvalue weighted by molar-refractivity contribution is 7.92. The molecule has 4 aromatic carbocycles. The molecular formula is C32H34N4O4S. The number of nitrogens with one attached hydrogen (secondary N) is 2. The molecule has 1 amide bonds. The number of ether oxygens (including phenoxy) is 1. The molecule has 0 saturated carbocycles. The molecule has 1 aliphatic rings. The molecule has 4 aromatic rings. The molecule has 8 nitrogen and oxygen atoms in total. The summed E-state index contributed by atoms with van der Waals surface area (Å²) in [5.74, 6) is 0.555. The zero-order valence-corrected chi connectivity index (χ0v) is 24.0. The lowest BCUT2D eigenvalue weighted by Gasteiger charge is -2.38. The van der Waals surface area contributed by atoms with Gasteiger partial charge < -0.3 is 19.9 Å². The molecule has 212 valence electrons. The number of sulfonamides is 1. The van der Waals surface area contributed by atoms with Crippen LogP contribution >= 0.6 is 0 Å². The maximum Gasteiger partial charge on any atom is 0.261 e. The van der Waals surface area contributed by atoms with Gasteiger partial charge in [-0.05, 0) is 55.0 Å². The van der Waals surface area contributed by atoms with E-state index in [4.69, 9.17) is 4.74 Å².